The minimum Gasteiger partial charge on any atom is -0.480 e. The summed E-state index contributed by atoms with van der Waals surface area (Å²) < 4.78 is 11.6. The molecule has 15 heteroatoms. The molecule has 1 aromatic rings. The van der Waals surface area contributed by atoms with Crippen LogP contribution in [0.5, 0.6) is 0 Å². The fourth-order valence-electron chi connectivity index (χ4n) is 6.09. The number of amides is 4. The zero-order valence-electron chi connectivity index (χ0n) is 33.5. The van der Waals surface area contributed by atoms with Gasteiger partial charge >= 0.3 is 5.97 Å². The molecule has 1 fully saturated rings. The second-order valence-electron chi connectivity index (χ2n) is 16.0. The van der Waals surface area contributed by atoms with E-state index in [2.05, 4.69) is 21.3 Å². The summed E-state index contributed by atoms with van der Waals surface area (Å²) in [7, 11) is 1.69. The molecule has 15 nitrogen and oxygen atoms in total. The van der Waals surface area contributed by atoms with E-state index in [0.717, 1.165) is 12.0 Å². The number of nitrogens with zero attached hydrogens (tertiary/aromatic N) is 1. The Labute approximate surface area is 321 Å². The first-order chi connectivity index (χ1) is 25.3. The molecule has 54 heavy (non-hydrogen) atoms. The number of carboxylic acids is 1. The minimum atomic E-state index is -1.42. The van der Waals surface area contributed by atoms with E-state index in [-0.39, 0.29) is 62.7 Å². The molecular formula is C39H67N7O8. The number of aliphatic carboxylic acids is 1. The molecular weight excluding hydrogens is 694 g/mol. The number of benzene rings is 1. The van der Waals surface area contributed by atoms with Crippen LogP contribution in [-0.2, 0) is 39.9 Å². The zero-order chi connectivity index (χ0) is 40.5. The number of carbonyl (C=O) groups is 5. The SMILES string of the molecule is COC(C)(C)CCOC(C)(C)CNCCCCC(NC(=O)[C@@H](CC(C)C)NC(=O)C(Cc1ccccc1)NC(=O)CN)C(=O)N1CCC(N)(C(=O)O)CC1. The second-order valence-corrected chi connectivity index (χ2v) is 16.0. The van der Waals surface area contributed by atoms with Gasteiger partial charge in [-0.15, -0.1) is 0 Å². The van der Waals surface area contributed by atoms with E-state index in [1.165, 1.54) is 0 Å². The summed E-state index contributed by atoms with van der Waals surface area (Å²) in [4.78, 5) is 67.1. The highest BCUT2D eigenvalue weighted by Crippen LogP contribution is 2.22. The van der Waals surface area contributed by atoms with Gasteiger partial charge < -0.3 is 52.2 Å². The number of carbonyl (C=O) groups excluding carboxylic acids is 4. The molecule has 1 aliphatic rings. The third-order valence-electron chi connectivity index (χ3n) is 9.86. The number of rotatable bonds is 24. The molecule has 0 bridgehead atoms. The number of likely N-dealkylation sites (tertiary alicyclic amines) is 1. The van der Waals surface area contributed by atoms with Gasteiger partial charge in [0, 0.05) is 33.2 Å². The third kappa shape index (κ3) is 16.4. The van der Waals surface area contributed by atoms with Gasteiger partial charge in [0.05, 0.1) is 24.4 Å². The predicted molar refractivity (Wildman–Crippen MR) is 207 cm³/mol. The summed E-state index contributed by atoms with van der Waals surface area (Å²) in [6.45, 7) is 13.7. The van der Waals surface area contributed by atoms with Crippen LogP contribution in [0.4, 0.5) is 0 Å². The molecule has 0 aliphatic carbocycles. The average molecular weight is 762 g/mol. The highest BCUT2D eigenvalue weighted by molar-refractivity contribution is 5.94. The van der Waals surface area contributed by atoms with Gasteiger partial charge in [0.2, 0.25) is 23.6 Å². The van der Waals surface area contributed by atoms with Crippen LogP contribution in [0.2, 0.25) is 0 Å². The van der Waals surface area contributed by atoms with Crippen LogP contribution < -0.4 is 32.7 Å². The summed E-state index contributed by atoms with van der Waals surface area (Å²) in [6, 6.07) is 6.29. The fourth-order valence-corrected chi connectivity index (χ4v) is 6.09. The first-order valence-corrected chi connectivity index (χ1v) is 19.2. The van der Waals surface area contributed by atoms with Crippen molar-refractivity contribution in [2.75, 3.05) is 46.4 Å². The van der Waals surface area contributed by atoms with Crippen molar-refractivity contribution in [2.24, 2.45) is 17.4 Å². The molecule has 9 N–H and O–H groups in total. The van der Waals surface area contributed by atoms with E-state index in [4.69, 9.17) is 20.9 Å². The van der Waals surface area contributed by atoms with Crippen molar-refractivity contribution in [1.82, 2.24) is 26.2 Å². The minimum absolute atomic E-state index is 0.00275. The Balaban J connectivity index is 2.14. The Hall–Kier alpha value is -3.63. The maximum absolute atomic E-state index is 13.9. The van der Waals surface area contributed by atoms with Crippen LogP contribution in [0.25, 0.3) is 0 Å². The predicted octanol–water partition coefficient (Wildman–Crippen LogP) is 1.46. The number of unbranched alkanes of at least 4 members (excludes halogenated alkanes) is 1. The standard InChI is InChI=1S/C39H67N7O8/c1-27(2)23-30(45-34(49)31(43-32(47)25-40)24-28-13-9-8-10-14-28)33(48)44-29(35(50)46-20-16-39(41,17-21-46)36(51)52)15-11-12-19-42-26-38(5,6)54-22-18-37(3,4)53-7/h8-10,13-14,27,29-31,42H,11-12,15-26,40-41H2,1-7H3,(H,43,47)(H,44,48)(H,45,49)(H,51,52)/t29?,30-,31?/m1/s1. The topological polar surface area (TPSA) is 227 Å². The Morgan fingerprint density at radius 1 is 0.907 bits per heavy atom. The van der Waals surface area contributed by atoms with Gasteiger partial charge in [-0.2, -0.15) is 0 Å². The van der Waals surface area contributed by atoms with Crippen molar-refractivity contribution < 1.29 is 38.6 Å². The van der Waals surface area contributed by atoms with E-state index >= 15 is 0 Å². The smallest absolute Gasteiger partial charge is 0.323 e. The van der Waals surface area contributed by atoms with Gasteiger partial charge in [-0.25, -0.2) is 0 Å². The van der Waals surface area contributed by atoms with E-state index in [1.54, 1.807) is 12.0 Å². The van der Waals surface area contributed by atoms with Crippen molar-refractivity contribution in [3.05, 3.63) is 35.9 Å². The quantitative estimate of drug-likeness (QED) is 0.0747. The van der Waals surface area contributed by atoms with Crippen molar-refractivity contribution in [1.29, 1.82) is 0 Å². The number of nitrogens with one attached hydrogen (secondary N) is 4. The number of hydrogen-bond donors (Lipinski definition) is 7. The highest BCUT2D eigenvalue weighted by Gasteiger charge is 2.40. The van der Waals surface area contributed by atoms with Gasteiger partial charge in [0.25, 0.3) is 0 Å². The maximum Gasteiger partial charge on any atom is 0.323 e. The fraction of sp³-hybridized carbons (Fsp3) is 0.718. The van der Waals surface area contributed by atoms with Crippen LogP contribution >= 0.6 is 0 Å². The zero-order valence-corrected chi connectivity index (χ0v) is 33.5. The summed E-state index contributed by atoms with van der Waals surface area (Å²) in [5.41, 5.74) is 10.3. The van der Waals surface area contributed by atoms with Crippen molar-refractivity contribution >= 4 is 29.6 Å². The lowest BCUT2D eigenvalue weighted by Gasteiger charge is -2.38. The highest BCUT2D eigenvalue weighted by atomic mass is 16.5. The summed E-state index contributed by atoms with van der Waals surface area (Å²) in [5.74, 6) is -3.02. The summed E-state index contributed by atoms with van der Waals surface area (Å²) in [6.07, 6.45) is 3.04. The number of methoxy groups -OCH3 is 1. The van der Waals surface area contributed by atoms with E-state index < -0.39 is 53.0 Å². The van der Waals surface area contributed by atoms with Crippen LogP contribution in [0.3, 0.4) is 0 Å². The van der Waals surface area contributed by atoms with E-state index in [9.17, 15) is 29.1 Å². The molecule has 2 rings (SSSR count). The van der Waals surface area contributed by atoms with Gasteiger partial charge in [0.1, 0.15) is 23.7 Å². The van der Waals surface area contributed by atoms with E-state index in [0.29, 0.717) is 39.0 Å². The molecule has 2 unspecified atom stereocenters. The normalized spacial score (nSPS) is 16.3. The van der Waals surface area contributed by atoms with Crippen LogP contribution in [0.1, 0.15) is 92.1 Å². The molecule has 4 amide bonds. The van der Waals surface area contributed by atoms with Crippen molar-refractivity contribution in [2.45, 2.75) is 128 Å². The molecule has 3 atom stereocenters. The van der Waals surface area contributed by atoms with Crippen LogP contribution in [0, 0.1) is 5.92 Å². The Kier molecular flexibility index (Phi) is 19.0. The van der Waals surface area contributed by atoms with Crippen LogP contribution in [-0.4, -0.2) is 121 Å². The number of nitrogens with two attached hydrogens (primary N) is 2. The molecule has 0 radical (unpaired) electrons. The Bertz CT molecular complexity index is 1350. The molecule has 1 aromatic carbocycles. The van der Waals surface area contributed by atoms with Gasteiger partial charge in [-0.05, 0) is 90.7 Å². The lowest BCUT2D eigenvalue weighted by molar-refractivity contribution is -0.148. The first kappa shape index (κ1) is 46.5. The van der Waals surface area contributed by atoms with Crippen LogP contribution in [0.15, 0.2) is 30.3 Å². The number of piperidine rings is 1. The molecule has 0 aromatic heterocycles. The lowest BCUT2D eigenvalue weighted by atomic mass is 9.88. The van der Waals surface area contributed by atoms with E-state index in [1.807, 2.05) is 71.9 Å². The lowest BCUT2D eigenvalue weighted by Crippen LogP contribution is -2.60. The maximum atomic E-state index is 13.9. The largest absolute Gasteiger partial charge is 0.480 e. The molecule has 306 valence electrons. The number of ether oxygens (including phenoxy) is 2. The van der Waals surface area contributed by atoms with Gasteiger partial charge in [0.15, 0.2) is 0 Å². The third-order valence-corrected chi connectivity index (χ3v) is 9.86. The van der Waals surface area contributed by atoms with Gasteiger partial charge in [-0.1, -0.05) is 44.2 Å². The molecule has 0 spiro atoms. The molecule has 1 saturated heterocycles. The molecule has 1 heterocycles. The number of carboxylic acid groups (broad SMARTS) is 1. The number of hydrogen-bond acceptors (Lipinski definition) is 10. The average Bonchev–Trinajstić information content (AvgIpc) is 3.11. The van der Waals surface area contributed by atoms with Gasteiger partial charge in [-0.3, -0.25) is 24.0 Å². The Morgan fingerprint density at radius 2 is 1.52 bits per heavy atom. The Morgan fingerprint density at radius 3 is 2.09 bits per heavy atom. The second kappa shape index (κ2) is 22.1. The van der Waals surface area contributed by atoms with Crippen molar-refractivity contribution in [3.63, 3.8) is 0 Å². The van der Waals surface area contributed by atoms with Crippen molar-refractivity contribution in [3.8, 4) is 0 Å². The first-order valence-electron chi connectivity index (χ1n) is 19.2. The summed E-state index contributed by atoms with van der Waals surface area (Å²) >= 11 is 0. The summed E-state index contributed by atoms with van der Waals surface area (Å²) in [5, 5.41) is 21.4. The monoisotopic (exact) mass is 762 g/mol. The molecule has 1 aliphatic heterocycles. The molecule has 0 saturated carbocycles.